The van der Waals surface area contributed by atoms with Gasteiger partial charge in [0.15, 0.2) is 0 Å². The molecule has 1 fully saturated rings. The maximum atomic E-state index is 11.1. The van der Waals surface area contributed by atoms with Crippen LogP contribution in [0.3, 0.4) is 0 Å². The Morgan fingerprint density at radius 3 is 2.29 bits per heavy atom. The summed E-state index contributed by atoms with van der Waals surface area (Å²) < 4.78 is 0. The Morgan fingerprint density at radius 1 is 1.18 bits per heavy atom. The molecule has 0 aliphatic heterocycles. The zero-order valence-electron chi connectivity index (χ0n) is 10.2. The van der Waals surface area contributed by atoms with Crippen LogP contribution in [0.1, 0.15) is 43.6 Å². The lowest BCUT2D eigenvalue weighted by atomic mass is 9.84. The largest absolute Gasteiger partial charge is 0.307 e. The van der Waals surface area contributed by atoms with Crippen LogP contribution in [0.25, 0.3) is 0 Å². The van der Waals surface area contributed by atoms with E-state index in [1.807, 2.05) is 12.1 Å². The highest BCUT2D eigenvalue weighted by Crippen LogP contribution is 2.33. The van der Waals surface area contributed by atoms with Gasteiger partial charge >= 0.3 is 0 Å². The molecule has 0 aromatic heterocycles. The number of carbonyl (C=O) groups excluding carboxylic acids is 1. The Kier molecular flexibility index (Phi) is 4.11. The Bertz CT molecular complexity index is 382. The van der Waals surface area contributed by atoms with Crippen molar-refractivity contribution in [3.05, 3.63) is 29.8 Å². The van der Waals surface area contributed by atoms with E-state index in [0.717, 1.165) is 11.6 Å². The third-order valence-electron chi connectivity index (χ3n) is 3.64. The Labute approximate surface area is 108 Å². The summed E-state index contributed by atoms with van der Waals surface area (Å²) in [6.45, 7) is 0. The molecule has 0 atom stereocenters. The molecule has 0 bridgehead atoms. The van der Waals surface area contributed by atoms with Crippen LogP contribution in [-0.4, -0.2) is 12.3 Å². The third kappa shape index (κ3) is 3.03. The lowest BCUT2D eigenvalue weighted by molar-refractivity contribution is 0.266. The molecular formula is C14H19NOS. The van der Waals surface area contributed by atoms with Crippen LogP contribution < -0.4 is 4.90 Å². The van der Waals surface area contributed by atoms with E-state index < -0.39 is 0 Å². The molecule has 0 heterocycles. The number of hydrogen-bond donors (Lipinski definition) is 1. The Morgan fingerprint density at radius 2 is 1.76 bits per heavy atom. The van der Waals surface area contributed by atoms with Crippen molar-refractivity contribution >= 4 is 23.6 Å². The first-order chi connectivity index (χ1) is 8.18. The van der Waals surface area contributed by atoms with Crippen LogP contribution >= 0.6 is 12.6 Å². The number of rotatable bonds is 2. The van der Waals surface area contributed by atoms with Crippen molar-refractivity contribution in [1.29, 1.82) is 0 Å². The molecule has 0 unspecified atom stereocenters. The van der Waals surface area contributed by atoms with E-state index in [4.69, 9.17) is 0 Å². The van der Waals surface area contributed by atoms with Gasteiger partial charge in [-0.2, -0.15) is 0 Å². The molecule has 2 rings (SSSR count). The van der Waals surface area contributed by atoms with Gasteiger partial charge in [-0.15, -0.1) is 0 Å². The second-order valence-electron chi connectivity index (χ2n) is 4.77. The van der Waals surface area contributed by atoms with Crippen molar-refractivity contribution in [2.75, 3.05) is 11.9 Å². The summed E-state index contributed by atoms with van der Waals surface area (Å²) >= 11 is 3.82. The van der Waals surface area contributed by atoms with Crippen molar-refractivity contribution in [3.63, 3.8) is 0 Å². The highest BCUT2D eigenvalue weighted by molar-refractivity contribution is 7.96. The summed E-state index contributed by atoms with van der Waals surface area (Å²) in [5.74, 6) is 0.717. The highest BCUT2D eigenvalue weighted by Gasteiger charge is 2.15. The average molecular weight is 249 g/mol. The molecule has 92 valence electrons. The maximum Gasteiger partial charge on any atom is 0.282 e. The molecule has 0 radical (unpaired) electrons. The maximum absolute atomic E-state index is 11.1. The minimum atomic E-state index is -0.226. The minimum Gasteiger partial charge on any atom is -0.307 e. The molecule has 3 heteroatoms. The number of amides is 1. The van der Waals surface area contributed by atoms with Gasteiger partial charge in [-0.05, 0) is 36.5 Å². The van der Waals surface area contributed by atoms with Gasteiger partial charge in [0.05, 0.1) is 0 Å². The van der Waals surface area contributed by atoms with Gasteiger partial charge in [0, 0.05) is 12.7 Å². The average Bonchev–Trinajstić information content (AvgIpc) is 2.39. The van der Waals surface area contributed by atoms with Crippen molar-refractivity contribution in [3.8, 4) is 0 Å². The molecule has 17 heavy (non-hydrogen) atoms. The molecular weight excluding hydrogens is 230 g/mol. The number of benzene rings is 1. The van der Waals surface area contributed by atoms with Gasteiger partial charge in [0.25, 0.3) is 5.24 Å². The van der Waals surface area contributed by atoms with Gasteiger partial charge in [0.1, 0.15) is 0 Å². The van der Waals surface area contributed by atoms with Crippen LogP contribution in [-0.2, 0) is 0 Å². The van der Waals surface area contributed by atoms with Crippen molar-refractivity contribution in [1.82, 2.24) is 0 Å². The fourth-order valence-corrected chi connectivity index (χ4v) is 2.63. The third-order valence-corrected chi connectivity index (χ3v) is 3.94. The quantitative estimate of drug-likeness (QED) is 0.778. The van der Waals surface area contributed by atoms with Crippen LogP contribution in [0.5, 0.6) is 0 Å². The van der Waals surface area contributed by atoms with Crippen molar-refractivity contribution < 1.29 is 4.79 Å². The van der Waals surface area contributed by atoms with E-state index in [0.29, 0.717) is 0 Å². The lowest BCUT2D eigenvalue weighted by Gasteiger charge is -2.22. The molecule has 2 nitrogen and oxygen atoms in total. The molecule has 1 amide bonds. The van der Waals surface area contributed by atoms with Gasteiger partial charge in [-0.25, -0.2) is 0 Å². The van der Waals surface area contributed by atoms with Gasteiger partial charge in [-0.3, -0.25) is 4.79 Å². The summed E-state index contributed by atoms with van der Waals surface area (Å²) in [4.78, 5) is 12.7. The Balaban J connectivity index is 2.09. The number of hydrogen-bond acceptors (Lipinski definition) is 1. The standard InChI is InChI=1S/C14H19NOS/c1-15(14(16)17)13-9-7-12(8-10-13)11-5-3-2-4-6-11/h7-11H,2-6H2,1H3,(H,16,17). The molecule has 1 saturated carbocycles. The van der Waals surface area contributed by atoms with E-state index in [1.54, 1.807) is 11.9 Å². The van der Waals surface area contributed by atoms with Crippen LogP contribution in [0.15, 0.2) is 24.3 Å². The highest BCUT2D eigenvalue weighted by atomic mass is 32.1. The predicted octanol–water partition coefficient (Wildman–Crippen LogP) is 4.22. The fourth-order valence-electron chi connectivity index (χ4n) is 2.52. The zero-order chi connectivity index (χ0) is 12.3. The molecule has 0 spiro atoms. The molecule has 1 aliphatic carbocycles. The topological polar surface area (TPSA) is 20.3 Å². The monoisotopic (exact) mass is 249 g/mol. The SMILES string of the molecule is CN(C(=O)S)c1ccc(C2CCCCC2)cc1. The van der Waals surface area contributed by atoms with Crippen LogP contribution in [0.4, 0.5) is 10.5 Å². The second kappa shape index (κ2) is 5.58. The molecule has 0 saturated heterocycles. The summed E-state index contributed by atoms with van der Waals surface area (Å²) in [6.07, 6.45) is 6.69. The first-order valence-electron chi connectivity index (χ1n) is 6.25. The fraction of sp³-hybridized carbons (Fsp3) is 0.500. The smallest absolute Gasteiger partial charge is 0.282 e. The van der Waals surface area contributed by atoms with Gasteiger partial charge < -0.3 is 4.90 Å². The van der Waals surface area contributed by atoms with Crippen molar-refractivity contribution in [2.45, 2.75) is 38.0 Å². The Hall–Kier alpha value is -0.960. The zero-order valence-corrected chi connectivity index (χ0v) is 11.1. The molecule has 1 aliphatic rings. The van der Waals surface area contributed by atoms with E-state index in [2.05, 4.69) is 24.8 Å². The summed E-state index contributed by atoms with van der Waals surface area (Å²) in [5.41, 5.74) is 2.32. The predicted molar refractivity (Wildman–Crippen MR) is 75.1 cm³/mol. The van der Waals surface area contributed by atoms with Crippen molar-refractivity contribution in [2.24, 2.45) is 0 Å². The molecule has 0 N–H and O–H groups in total. The minimum absolute atomic E-state index is 0.226. The number of carbonyl (C=O) groups is 1. The summed E-state index contributed by atoms with van der Waals surface area (Å²) in [5, 5.41) is -0.226. The van der Waals surface area contributed by atoms with Gasteiger partial charge in [0.2, 0.25) is 0 Å². The number of anilines is 1. The second-order valence-corrected chi connectivity index (χ2v) is 5.15. The molecule has 1 aromatic rings. The lowest BCUT2D eigenvalue weighted by Crippen LogP contribution is -2.19. The normalized spacial score (nSPS) is 16.8. The van der Waals surface area contributed by atoms with Crippen LogP contribution in [0, 0.1) is 0 Å². The van der Waals surface area contributed by atoms with E-state index >= 15 is 0 Å². The summed E-state index contributed by atoms with van der Waals surface area (Å²) in [6, 6.07) is 8.33. The summed E-state index contributed by atoms with van der Waals surface area (Å²) in [7, 11) is 1.74. The molecule has 1 aromatic carbocycles. The number of thiol groups is 1. The number of nitrogens with zero attached hydrogens (tertiary/aromatic N) is 1. The first kappa shape index (κ1) is 12.5. The van der Waals surface area contributed by atoms with E-state index in [9.17, 15) is 4.79 Å². The van der Waals surface area contributed by atoms with Crippen LogP contribution in [0.2, 0.25) is 0 Å². The van der Waals surface area contributed by atoms with E-state index in [-0.39, 0.29) is 5.24 Å². The van der Waals surface area contributed by atoms with Gasteiger partial charge in [-0.1, -0.05) is 44.0 Å². The van der Waals surface area contributed by atoms with E-state index in [1.165, 1.54) is 37.7 Å². The first-order valence-corrected chi connectivity index (χ1v) is 6.70.